The summed E-state index contributed by atoms with van der Waals surface area (Å²) in [6, 6.07) is 7.23. The van der Waals surface area contributed by atoms with Crippen LogP contribution in [0.5, 0.6) is 0 Å². The van der Waals surface area contributed by atoms with Gasteiger partial charge in [-0.25, -0.2) is 4.90 Å². The van der Waals surface area contributed by atoms with Crippen molar-refractivity contribution in [2.45, 2.75) is 64.0 Å². The number of amides is 3. The van der Waals surface area contributed by atoms with Gasteiger partial charge in [0.25, 0.3) is 5.91 Å². The highest BCUT2D eigenvalue weighted by Gasteiger charge is 2.50. The molecular formula is C21H28N3O3+. The van der Waals surface area contributed by atoms with Crippen LogP contribution in [0.2, 0.25) is 0 Å². The Morgan fingerprint density at radius 1 is 1.07 bits per heavy atom. The molecule has 1 unspecified atom stereocenters. The van der Waals surface area contributed by atoms with Crippen LogP contribution in [0.15, 0.2) is 24.3 Å². The number of benzene rings is 1. The first-order chi connectivity index (χ1) is 13.0. The highest BCUT2D eigenvalue weighted by atomic mass is 16.2. The number of piperidine rings is 1. The molecule has 2 saturated heterocycles. The topological polar surface area (TPSA) is 70.9 Å². The third-order valence-corrected chi connectivity index (χ3v) is 6.47. The van der Waals surface area contributed by atoms with Crippen molar-refractivity contribution in [2.75, 3.05) is 16.8 Å². The zero-order chi connectivity index (χ0) is 19.0. The maximum Gasteiger partial charge on any atom is 0.292 e. The second-order valence-electron chi connectivity index (χ2n) is 8.17. The van der Waals surface area contributed by atoms with Gasteiger partial charge in [-0.1, -0.05) is 6.42 Å². The van der Waals surface area contributed by atoms with Crippen LogP contribution in [0, 0.1) is 5.92 Å². The van der Waals surface area contributed by atoms with Crippen molar-refractivity contribution < 1.29 is 19.3 Å². The van der Waals surface area contributed by atoms with E-state index in [1.165, 1.54) is 48.8 Å². The molecule has 6 nitrogen and oxygen atoms in total. The van der Waals surface area contributed by atoms with E-state index in [0.29, 0.717) is 23.8 Å². The molecule has 4 rings (SSSR count). The number of rotatable bonds is 3. The van der Waals surface area contributed by atoms with Gasteiger partial charge in [0.1, 0.15) is 0 Å². The highest BCUT2D eigenvalue weighted by molar-refractivity contribution is 6.21. The third-order valence-electron chi connectivity index (χ3n) is 6.47. The predicted octanol–water partition coefficient (Wildman–Crippen LogP) is 1.51. The fraction of sp³-hybridized carbons (Fsp3) is 0.571. The van der Waals surface area contributed by atoms with Gasteiger partial charge in [-0.15, -0.1) is 0 Å². The molecule has 27 heavy (non-hydrogen) atoms. The lowest BCUT2D eigenvalue weighted by molar-refractivity contribution is -0.950. The number of hydrogen-bond donors (Lipinski definition) is 2. The number of hydrogen-bond acceptors (Lipinski definition) is 3. The molecule has 1 saturated carbocycles. The summed E-state index contributed by atoms with van der Waals surface area (Å²) in [5.41, 5.74) is 1.26. The Morgan fingerprint density at radius 3 is 2.52 bits per heavy atom. The van der Waals surface area contributed by atoms with Crippen LogP contribution in [0.3, 0.4) is 0 Å². The Balaban J connectivity index is 1.52. The van der Waals surface area contributed by atoms with E-state index in [4.69, 9.17) is 0 Å². The minimum Gasteiger partial charge on any atom is -0.326 e. The maximum atomic E-state index is 13.2. The smallest absolute Gasteiger partial charge is 0.292 e. The molecule has 3 amide bonds. The molecule has 4 atom stereocenters. The van der Waals surface area contributed by atoms with Crippen molar-refractivity contribution in [2.24, 2.45) is 5.92 Å². The fourth-order valence-corrected chi connectivity index (χ4v) is 5.32. The van der Waals surface area contributed by atoms with Gasteiger partial charge in [0, 0.05) is 18.5 Å². The Labute approximate surface area is 159 Å². The monoisotopic (exact) mass is 370 g/mol. The fourth-order valence-electron chi connectivity index (χ4n) is 5.32. The SMILES string of the molecule is CC(=O)Nc1ccc(N2C(=O)C[C@@H]([NH+]3CCC[C@@H]4CCCC[C@@H]43)C2=O)cc1. The summed E-state index contributed by atoms with van der Waals surface area (Å²) >= 11 is 0. The van der Waals surface area contributed by atoms with Gasteiger partial charge >= 0.3 is 0 Å². The number of fused-ring (bicyclic) bond motifs is 1. The minimum atomic E-state index is -0.238. The lowest BCUT2D eigenvalue weighted by Gasteiger charge is -2.43. The number of likely N-dealkylation sites (tertiary alicyclic amines) is 1. The third kappa shape index (κ3) is 3.50. The number of anilines is 2. The average Bonchev–Trinajstić information content (AvgIpc) is 2.96. The normalized spacial score (nSPS) is 30.9. The number of quaternary nitrogens is 1. The average molecular weight is 370 g/mol. The molecule has 0 spiro atoms. The van der Waals surface area contributed by atoms with E-state index in [0.717, 1.165) is 18.9 Å². The Bertz CT molecular complexity index is 744. The van der Waals surface area contributed by atoms with Gasteiger partial charge in [-0.3, -0.25) is 14.4 Å². The second-order valence-corrected chi connectivity index (χ2v) is 8.17. The van der Waals surface area contributed by atoms with Crippen LogP contribution in [0.4, 0.5) is 11.4 Å². The van der Waals surface area contributed by atoms with Gasteiger partial charge in [0.05, 0.1) is 24.7 Å². The van der Waals surface area contributed by atoms with E-state index >= 15 is 0 Å². The van der Waals surface area contributed by atoms with E-state index in [9.17, 15) is 14.4 Å². The number of imide groups is 1. The van der Waals surface area contributed by atoms with Crippen LogP contribution in [0.25, 0.3) is 0 Å². The van der Waals surface area contributed by atoms with Crippen LogP contribution < -0.4 is 15.1 Å². The van der Waals surface area contributed by atoms with Crippen LogP contribution in [0.1, 0.15) is 51.9 Å². The van der Waals surface area contributed by atoms with Gasteiger partial charge in [-0.05, 0) is 56.4 Å². The molecule has 1 aliphatic carbocycles. The van der Waals surface area contributed by atoms with Crippen LogP contribution in [-0.2, 0) is 14.4 Å². The van der Waals surface area contributed by atoms with Crippen molar-refractivity contribution in [1.82, 2.24) is 0 Å². The molecule has 2 heterocycles. The molecular weight excluding hydrogens is 342 g/mol. The van der Waals surface area contributed by atoms with E-state index in [-0.39, 0.29) is 23.8 Å². The van der Waals surface area contributed by atoms with E-state index in [1.807, 2.05) is 0 Å². The number of nitrogens with zero attached hydrogens (tertiary/aromatic N) is 1. The van der Waals surface area contributed by atoms with Gasteiger partial charge < -0.3 is 10.2 Å². The van der Waals surface area contributed by atoms with Gasteiger partial charge in [0.15, 0.2) is 6.04 Å². The zero-order valence-electron chi connectivity index (χ0n) is 15.9. The van der Waals surface area contributed by atoms with Crippen molar-refractivity contribution in [3.05, 3.63) is 24.3 Å². The summed E-state index contributed by atoms with van der Waals surface area (Å²) in [5.74, 6) is 0.402. The molecule has 2 N–H and O–H groups in total. The lowest BCUT2D eigenvalue weighted by Crippen LogP contribution is -3.21. The Morgan fingerprint density at radius 2 is 1.78 bits per heavy atom. The number of carbonyl (C=O) groups excluding carboxylic acids is 3. The number of nitrogens with one attached hydrogen (secondary N) is 2. The van der Waals surface area contributed by atoms with E-state index < -0.39 is 0 Å². The maximum absolute atomic E-state index is 13.2. The molecule has 1 aromatic carbocycles. The molecule has 0 radical (unpaired) electrons. The van der Waals surface area contributed by atoms with Crippen LogP contribution in [-0.4, -0.2) is 36.3 Å². The molecule has 144 valence electrons. The summed E-state index contributed by atoms with van der Waals surface area (Å²) in [4.78, 5) is 39.7. The zero-order valence-corrected chi connectivity index (χ0v) is 15.9. The first kappa shape index (κ1) is 18.2. The summed E-state index contributed by atoms with van der Waals surface area (Å²) in [5, 5.41) is 2.71. The predicted molar refractivity (Wildman–Crippen MR) is 102 cm³/mol. The van der Waals surface area contributed by atoms with Crippen LogP contribution >= 0.6 is 0 Å². The first-order valence-corrected chi connectivity index (χ1v) is 10.1. The molecule has 3 aliphatic rings. The molecule has 0 aromatic heterocycles. The summed E-state index contributed by atoms with van der Waals surface area (Å²) < 4.78 is 0. The second kappa shape index (κ2) is 7.43. The summed E-state index contributed by atoms with van der Waals surface area (Å²) in [6.07, 6.45) is 7.75. The molecule has 3 fully saturated rings. The lowest BCUT2D eigenvalue weighted by atomic mass is 9.77. The Hall–Kier alpha value is -2.21. The van der Waals surface area contributed by atoms with Gasteiger partial charge in [-0.2, -0.15) is 0 Å². The highest BCUT2D eigenvalue weighted by Crippen LogP contribution is 2.30. The summed E-state index contributed by atoms with van der Waals surface area (Å²) in [6.45, 7) is 2.45. The molecule has 0 bridgehead atoms. The van der Waals surface area contributed by atoms with Crippen molar-refractivity contribution in [1.29, 1.82) is 0 Å². The quantitative estimate of drug-likeness (QED) is 0.793. The van der Waals surface area contributed by atoms with Crippen molar-refractivity contribution in [3.63, 3.8) is 0 Å². The first-order valence-electron chi connectivity index (χ1n) is 10.1. The molecule has 6 heteroatoms. The minimum absolute atomic E-state index is 0.0616. The Kier molecular flexibility index (Phi) is 5.00. The van der Waals surface area contributed by atoms with E-state index in [1.54, 1.807) is 24.3 Å². The molecule has 1 aromatic rings. The number of carbonyl (C=O) groups is 3. The standard InChI is InChI=1S/C21H27N3O3/c1-14(25)22-16-8-10-17(11-9-16)24-20(26)13-19(21(24)27)23-12-4-6-15-5-2-3-7-18(15)23/h8-11,15,18-19H,2-7,12-13H2,1H3,(H,22,25)/p+1/t15-,18-,19+/m0/s1. The molecule has 2 aliphatic heterocycles. The van der Waals surface area contributed by atoms with Gasteiger partial charge in [0.2, 0.25) is 11.8 Å². The van der Waals surface area contributed by atoms with Crippen molar-refractivity contribution >= 4 is 29.1 Å². The largest absolute Gasteiger partial charge is 0.326 e. The van der Waals surface area contributed by atoms with E-state index in [2.05, 4.69) is 5.32 Å². The summed E-state index contributed by atoms with van der Waals surface area (Å²) in [7, 11) is 0. The van der Waals surface area contributed by atoms with Crippen molar-refractivity contribution in [3.8, 4) is 0 Å².